The number of rotatable bonds is 4. The fourth-order valence-electron chi connectivity index (χ4n) is 0.518. The molecule has 0 radical (unpaired) electrons. The lowest BCUT2D eigenvalue weighted by molar-refractivity contribution is -0.110. The fraction of sp³-hybridized carbons (Fsp3) is 0.800. The van der Waals surface area contributed by atoms with Gasteiger partial charge >= 0.3 is 0 Å². The summed E-state index contributed by atoms with van der Waals surface area (Å²) >= 11 is 0. The van der Waals surface area contributed by atoms with Gasteiger partial charge in [-0.15, -0.1) is 0 Å². The molecule has 0 unspecified atom stereocenters. The van der Waals surface area contributed by atoms with Crippen molar-refractivity contribution in [2.45, 2.75) is 19.4 Å². The monoisotopic (exact) mass is 131 g/mol. The van der Waals surface area contributed by atoms with Gasteiger partial charge in [0.1, 0.15) is 14.9 Å². The minimum atomic E-state index is -0.384. The predicted octanol–water partition coefficient (Wildman–Crippen LogP) is -0.531. The van der Waals surface area contributed by atoms with Crippen LogP contribution in [0.2, 0.25) is 6.04 Å². The molecule has 0 spiro atoms. The van der Waals surface area contributed by atoms with Crippen molar-refractivity contribution in [3.8, 4) is 0 Å². The third kappa shape index (κ3) is 5.85. The van der Waals surface area contributed by atoms with Gasteiger partial charge in [0.15, 0.2) is 0 Å². The molecule has 0 saturated carbocycles. The van der Waals surface area contributed by atoms with Gasteiger partial charge in [-0.1, -0.05) is 6.04 Å². The Kier molecular flexibility index (Phi) is 4.90. The molecule has 2 N–H and O–H groups in total. The number of carbonyl (C=O) groups excluding carboxylic acids is 1. The van der Waals surface area contributed by atoms with E-state index >= 15 is 0 Å². The summed E-state index contributed by atoms with van der Waals surface area (Å²) in [5, 5.41) is 0.401. The lowest BCUT2D eigenvalue weighted by atomic mass is 10.5. The predicted molar refractivity (Wildman–Crippen MR) is 37.7 cm³/mol. The molecule has 0 aliphatic rings. The van der Waals surface area contributed by atoms with Crippen molar-refractivity contribution in [1.82, 2.24) is 0 Å². The third-order valence-corrected chi connectivity index (χ3v) is 2.54. The Morgan fingerprint density at radius 3 is 2.75 bits per heavy atom. The molecule has 0 fully saturated rings. The molecule has 0 amide bonds. The average molecular weight is 131 g/mol. The van der Waals surface area contributed by atoms with Crippen LogP contribution in [0.4, 0.5) is 0 Å². The SMILES string of the molecule is CC(=O)[SiH2]CCCN. The summed E-state index contributed by atoms with van der Waals surface area (Å²) in [5.74, 6) is 0. The van der Waals surface area contributed by atoms with Crippen LogP contribution in [0.15, 0.2) is 0 Å². The van der Waals surface area contributed by atoms with Crippen LogP contribution in [0.25, 0.3) is 0 Å². The molecule has 3 heteroatoms. The molecule has 8 heavy (non-hydrogen) atoms. The first-order valence-corrected chi connectivity index (χ1v) is 4.67. The van der Waals surface area contributed by atoms with Crippen LogP contribution in [-0.4, -0.2) is 21.5 Å². The standard InChI is InChI=1S/C5H13NOSi/c1-5(7)8-4-2-3-6/h2-4,6,8H2,1H3. The minimum Gasteiger partial charge on any atom is -0.330 e. The molecule has 0 aromatic heterocycles. The Morgan fingerprint density at radius 2 is 2.38 bits per heavy atom. The fourth-order valence-corrected chi connectivity index (χ4v) is 1.55. The van der Waals surface area contributed by atoms with Gasteiger partial charge in [0.2, 0.25) is 0 Å². The van der Waals surface area contributed by atoms with Crippen molar-refractivity contribution in [3.05, 3.63) is 0 Å². The maximum atomic E-state index is 10.3. The zero-order valence-corrected chi connectivity index (χ0v) is 6.73. The van der Waals surface area contributed by atoms with Crippen LogP contribution < -0.4 is 5.73 Å². The van der Waals surface area contributed by atoms with E-state index in [0.29, 0.717) is 5.41 Å². The van der Waals surface area contributed by atoms with E-state index in [9.17, 15) is 4.79 Å². The molecule has 2 nitrogen and oxygen atoms in total. The molecule has 0 aromatic rings. The number of hydrogen-bond donors (Lipinski definition) is 1. The zero-order valence-electron chi connectivity index (χ0n) is 5.31. The molecule has 0 bridgehead atoms. The normalized spacial score (nSPS) is 10.8. The lowest BCUT2D eigenvalue weighted by Crippen LogP contribution is -2.06. The Balaban J connectivity index is 2.82. The van der Waals surface area contributed by atoms with Gasteiger partial charge in [-0.3, -0.25) is 0 Å². The van der Waals surface area contributed by atoms with Crippen molar-refractivity contribution in [2.75, 3.05) is 6.54 Å². The van der Waals surface area contributed by atoms with Gasteiger partial charge in [0, 0.05) is 0 Å². The molecule has 0 atom stereocenters. The summed E-state index contributed by atoms with van der Waals surface area (Å²) in [6.45, 7) is 2.41. The molecule has 0 rings (SSSR count). The highest BCUT2D eigenvalue weighted by Crippen LogP contribution is 1.84. The van der Waals surface area contributed by atoms with Crippen LogP contribution in [0.3, 0.4) is 0 Å². The van der Waals surface area contributed by atoms with Crippen LogP contribution in [0.1, 0.15) is 13.3 Å². The number of hydrogen-bond acceptors (Lipinski definition) is 2. The van der Waals surface area contributed by atoms with E-state index in [4.69, 9.17) is 5.73 Å². The average Bonchev–Trinajstić information content (AvgIpc) is 1.66. The van der Waals surface area contributed by atoms with E-state index < -0.39 is 0 Å². The Bertz CT molecular complexity index is 74.8. The summed E-state index contributed by atoms with van der Waals surface area (Å²) in [4.78, 5) is 10.3. The molecule has 0 aromatic carbocycles. The summed E-state index contributed by atoms with van der Waals surface area (Å²) in [6.07, 6.45) is 1.03. The smallest absolute Gasteiger partial charge is 0.101 e. The maximum Gasteiger partial charge on any atom is 0.101 e. The number of carbonyl (C=O) groups is 1. The van der Waals surface area contributed by atoms with Crippen molar-refractivity contribution < 1.29 is 4.79 Å². The quantitative estimate of drug-likeness (QED) is 0.412. The topological polar surface area (TPSA) is 43.1 Å². The van der Waals surface area contributed by atoms with E-state index in [0.717, 1.165) is 19.0 Å². The van der Waals surface area contributed by atoms with Crippen LogP contribution >= 0.6 is 0 Å². The van der Waals surface area contributed by atoms with Crippen LogP contribution in [0, 0.1) is 0 Å². The first-order valence-electron chi connectivity index (χ1n) is 2.97. The van der Waals surface area contributed by atoms with Crippen molar-refractivity contribution in [2.24, 2.45) is 5.73 Å². The van der Waals surface area contributed by atoms with Gasteiger partial charge in [-0.25, -0.2) is 0 Å². The third-order valence-electron chi connectivity index (χ3n) is 0.983. The molecule has 0 aliphatic carbocycles. The van der Waals surface area contributed by atoms with E-state index in [1.54, 1.807) is 6.92 Å². The molecule has 0 saturated heterocycles. The largest absolute Gasteiger partial charge is 0.330 e. The molecule has 0 aliphatic heterocycles. The second-order valence-electron chi connectivity index (χ2n) is 1.95. The second-order valence-corrected chi connectivity index (χ2v) is 4.15. The Labute approximate surface area is 52.3 Å². The molecular formula is C5H13NOSi. The summed E-state index contributed by atoms with van der Waals surface area (Å²) < 4.78 is 0. The molecule has 0 heterocycles. The van der Waals surface area contributed by atoms with E-state index in [-0.39, 0.29) is 9.52 Å². The van der Waals surface area contributed by atoms with Crippen molar-refractivity contribution in [3.63, 3.8) is 0 Å². The van der Waals surface area contributed by atoms with Crippen LogP contribution in [-0.2, 0) is 4.79 Å². The highest BCUT2D eigenvalue weighted by atomic mass is 28.2. The minimum absolute atomic E-state index is 0.384. The van der Waals surface area contributed by atoms with Gasteiger partial charge in [-0.05, 0) is 19.9 Å². The van der Waals surface area contributed by atoms with Crippen molar-refractivity contribution in [1.29, 1.82) is 0 Å². The van der Waals surface area contributed by atoms with Gasteiger partial charge < -0.3 is 10.5 Å². The lowest BCUT2D eigenvalue weighted by Gasteiger charge is -1.89. The molecular weight excluding hydrogens is 118 g/mol. The second kappa shape index (κ2) is 4.99. The van der Waals surface area contributed by atoms with E-state index in [1.165, 1.54) is 0 Å². The first kappa shape index (κ1) is 7.85. The van der Waals surface area contributed by atoms with E-state index in [1.807, 2.05) is 0 Å². The van der Waals surface area contributed by atoms with Crippen molar-refractivity contribution >= 4 is 14.9 Å². The van der Waals surface area contributed by atoms with Gasteiger partial charge in [0.25, 0.3) is 0 Å². The summed E-state index contributed by atoms with van der Waals surface area (Å²) in [7, 11) is -0.384. The highest BCUT2D eigenvalue weighted by molar-refractivity contribution is 6.73. The Hall–Kier alpha value is -0.153. The van der Waals surface area contributed by atoms with E-state index in [2.05, 4.69) is 0 Å². The van der Waals surface area contributed by atoms with Gasteiger partial charge in [-0.2, -0.15) is 0 Å². The first-order chi connectivity index (χ1) is 3.77. The van der Waals surface area contributed by atoms with Crippen LogP contribution in [0.5, 0.6) is 0 Å². The number of nitrogens with two attached hydrogens (primary N) is 1. The maximum absolute atomic E-state index is 10.3. The molecule has 48 valence electrons. The summed E-state index contributed by atoms with van der Waals surface area (Å²) in [6, 6.07) is 1.09. The highest BCUT2D eigenvalue weighted by Gasteiger charge is 1.91. The zero-order chi connectivity index (χ0) is 6.41. The Morgan fingerprint density at radius 1 is 1.75 bits per heavy atom. The van der Waals surface area contributed by atoms with Gasteiger partial charge in [0.05, 0.1) is 0 Å². The summed E-state index contributed by atoms with van der Waals surface area (Å²) in [5.41, 5.74) is 5.23.